The van der Waals surface area contributed by atoms with Crippen molar-refractivity contribution in [2.45, 2.75) is 6.18 Å². The van der Waals surface area contributed by atoms with Gasteiger partial charge < -0.3 is 14.8 Å². The lowest BCUT2D eigenvalue weighted by Gasteiger charge is -2.15. The molecule has 0 unspecified atom stereocenters. The quantitative estimate of drug-likeness (QED) is 0.609. The zero-order valence-corrected chi connectivity index (χ0v) is 14.7. The van der Waals surface area contributed by atoms with Gasteiger partial charge in [0.05, 0.1) is 24.8 Å². The van der Waals surface area contributed by atoms with Gasteiger partial charge in [-0.3, -0.25) is 0 Å². The van der Waals surface area contributed by atoms with Crippen LogP contribution < -0.4 is 14.8 Å². The molecule has 0 radical (unpaired) electrons. The zero-order chi connectivity index (χ0) is 19.8. The van der Waals surface area contributed by atoms with E-state index in [-0.39, 0.29) is 39.1 Å². The number of aromatic nitrogens is 2. The van der Waals surface area contributed by atoms with E-state index in [0.29, 0.717) is 0 Å². The van der Waals surface area contributed by atoms with E-state index in [1.54, 1.807) is 0 Å². The second-order valence-corrected chi connectivity index (χ2v) is 5.78. The third-order valence-corrected chi connectivity index (χ3v) is 3.93. The van der Waals surface area contributed by atoms with E-state index < -0.39 is 17.7 Å². The topological polar surface area (TPSA) is 56.3 Å². The van der Waals surface area contributed by atoms with Gasteiger partial charge in [0.25, 0.3) is 0 Å². The van der Waals surface area contributed by atoms with Gasteiger partial charge in [-0.05, 0) is 24.3 Å². The Labute approximate surface area is 155 Å². The smallest absolute Gasteiger partial charge is 0.434 e. The van der Waals surface area contributed by atoms with Crippen molar-refractivity contribution < 1.29 is 27.0 Å². The summed E-state index contributed by atoms with van der Waals surface area (Å²) in [4.78, 5) is 7.66. The van der Waals surface area contributed by atoms with Crippen LogP contribution in [0.25, 0.3) is 10.9 Å². The maximum Gasteiger partial charge on any atom is 0.434 e. The molecule has 1 aromatic heterocycles. The lowest BCUT2D eigenvalue weighted by atomic mass is 10.1. The molecule has 1 N–H and O–H groups in total. The van der Waals surface area contributed by atoms with E-state index in [0.717, 1.165) is 12.1 Å². The summed E-state index contributed by atoms with van der Waals surface area (Å²) < 4.78 is 63.9. The number of benzene rings is 2. The van der Waals surface area contributed by atoms with Crippen LogP contribution in [-0.2, 0) is 6.18 Å². The number of fused-ring (bicyclic) bond motifs is 1. The summed E-state index contributed by atoms with van der Waals surface area (Å²) in [6.07, 6.45) is -4.74. The Hall–Kier alpha value is -2.81. The average molecular weight is 402 g/mol. The number of halogens is 5. The van der Waals surface area contributed by atoms with Crippen molar-refractivity contribution in [1.29, 1.82) is 0 Å². The minimum absolute atomic E-state index is 0.00863. The van der Waals surface area contributed by atoms with Gasteiger partial charge in [-0.1, -0.05) is 11.6 Å². The Morgan fingerprint density at radius 1 is 1.00 bits per heavy atom. The minimum Gasteiger partial charge on any atom is -0.493 e. The second kappa shape index (κ2) is 7.07. The predicted molar refractivity (Wildman–Crippen MR) is 92.3 cm³/mol. The fraction of sp³-hybridized carbons (Fsp3) is 0.176. The largest absolute Gasteiger partial charge is 0.493 e. The summed E-state index contributed by atoms with van der Waals surface area (Å²) in [7, 11) is 2.67. The van der Waals surface area contributed by atoms with Crippen molar-refractivity contribution in [3.8, 4) is 11.5 Å². The standard InChI is InChI=1S/C17H12ClF4N3O2/c1-26-13-6-9-12(7-14(13)27-2)24-16(25-15(9)17(20,21)22)23-8-3-4-11(19)10(18)5-8/h3-7H,1-2H3,(H,23,24,25). The van der Waals surface area contributed by atoms with Gasteiger partial charge in [0.1, 0.15) is 5.82 Å². The van der Waals surface area contributed by atoms with Gasteiger partial charge in [0, 0.05) is 17.1 Å². The molecular weight excluding hydrogens is 390 g/mol. The van der Waals surface area contributed by atoms with Crippen molar-refractivity contribution in [2.75, 3.05) is 19.5 Å². The highest BCUT2D eigenvalue weighted by Gasteiger charge is 2.36. The van der Waals surface area contributed by atoms with Crippen LogP contribution >= 0.6 is 11.6 Å². The summed E-state index contributed by atoms with van der Waals surface area (Å²) in [5.74, 6) is -0.656. The number of methoxy groups -OCH3 is 2. The highest BCUT2D eigenvalue weighted by atomic mass is 35.5. The van der Waals surface area contributed by atoms with E-state index in [1.165, 1.54) is 32.4 Å². The first-order chi connectivity index (χ1) is 12.7. The number of nitrogens with zero attached hydrogens (tertiary/aromatic N) is 2. The minimum atomic E-state index is -4.74. The summed E-state index contributed by atoms with van der Waals surface area (Å²) in [5, 5.41) is 2.16. The molecule has 10 heteroatoms. The molecule has 2 aromatic carbocycles. The summed E-state index contributed by atoms with van der Waals surface area (Å²) in [6, 6.07) is 6.07. The lowest BCUT2D eigenvalue weighted by Crippen LogP contribution is -2.12. The van der Waals surface area contributed by atoms with Crippen LogP contribution in [0.2, 0.25) is 5.02 Å². The van der Waals surface area contributed by atoms with Crippen LogP contribution in [0.4, 0.5) is 29.2 Å². The number of ether oxygens (including phenoxy) is 2. The highest BCUT2D eigenvalue weighted by Crippen LogP contribution is 2.39. The Kier molecular flexibility index (Phi) is 4.97. The van der Waals surface area contributed by atoms with Crippen molar-refractivity contribution in [3.63, 3.8) is 0 Å². The Morgan fingerprint density at radius 2 is 1.67 bits per heavy atom. The van der Waals surface area contributed by atoms with Gasteiger partial charge in [0.2, 0.25) is 5.95 Å². The number of anilines is 2. The van der Waals surface area contributed by atoms with Crippen LogP contribution in [0.5, 0.6) is 11.5 Å². The van der Waals surface area contributed by atoms with Crippen molar-refractivity contribution in [2.24, 2.45) is 0 Å². The maximum absolute atomic E-state index is 13.5. The fourth-order valence-corrected chi connectivity index (χ4v) is 2.61. The molecule has 3 aromatic rings. The van der Waals surface area contributed by atoms with Crippen molar-refractivity contribution >= 4 is 34.1 Å². The fourth-order valence-electron chi connectivity index (χ4n) is 2.43. The molecule has 0 saturated heterocycles. The number of hydrogen-bond acceptors (Lipinski definition) is 5. The van der Waals surface area contributed by atoms with E-state index in [4.69, 9.17) is 21.1 Å². The monoisotopic (exact) mass is 401 g/mol. The Balaban J connectivity index is 2.17. The molecule has 0 bridgehead atoms. The summed E-state index contributed by atoms with van der Waals surface area (Å²) in [5.41, 5.74) is -0.927. The Morgan fingerprint density at radius 3 is 2.26 bits per heavy atom. The van der Waals surface area contributed by atoms with Gasteiger partial charge in [-0.2, -0.15) is 13.2 Å². The first-order valence-electron chi connectivity index (χ1n) is 7.46. The van der Waals surface area contributed by atoms with Crippen LogP contribution in [0, 0.1) is 5.82 Å². The lowest BCUT2D eigenvalue weighted by molar-refractivity contribution is -0.139. The normalized spacial score (nSPS) is 11.5. The van der Waals surface area contributed by atoms with E-state index in [2.05, 4.69) is 15.3 Å². The van der Waals surface area contributed by atoms with Gasteiger partial charge in [0.15, 0.2) is 17.2 Å². The molecule has 0 spiro atoms. The predicted octanol–water partition coefficient (Wildman–Crippen LogP) is 5.20. The Bertz CT molecular complexity index is 1010. The van der Waals surface area contributed by atoms with Crippen LogP contribution in [0.3, 0.4) is 0 Å². The molecule has 1 heterocycles. The second-order valence-electron chi connectivity index (χ2n) is 5.37. The molecule has 142 valence electrons. The van der Waals surface area contributed by atoms with E-state index in [9.17, 15) is 17.6 Å². The van der Waals surface area contributed by atoms with E-state index in [1.807, 2.05) is 0 Å². The summed E-state index contributed by atoms with van der Waals surface area (Å²) >= 11 is 5.69. The maximum atomic E-state index is 13.5. The highest BCUT2D eigenvalue weighted by molar-refractivity contribution is 6.31. The molecule has 0 amide bonds. The van der Waals surface area contributed by atoms with Crippen LogP contribution in [0.15, 0.2) is 30.3 Å². The molecule has 0 aliphatic carbocycles. The average Bonchev–Trinajstić information content (AvgIpc) is 2.62. The third-order valence-electron chi connectivity index (χ3n) is 3.65. The zero-order valence-electron chi connectivity index (χ0n) is 14.0. The molecule has 0 aliphatic rings. The van der Waals surface area contributed by atoms with Crippen LogP contribution in [0.1, 0.15) is 5.69 Å². The molecule has 5 nitrogen and oxygen atoms in total. The molecule has 0 atom stereocenters. The number of hydrogen-bond donors (Lipinski definition) is 1. The van der Waals surface area contributed by atoms with Gasteiger partial charge in [-0.15, -0.1) is 0 Å². The van der Waals surface area contributed by atoms with Crippen molar-refractivity contribution in [3.05, 3.63) is 46.9 Å². The molecule has 0 fully saturated rings. The molecule has 0 saturated carbocycles. The number of nitrogens with one attached hydrogen (secondary N) is 1. The molecule has 3 rings (SSSR count). The van der Waals surface area contributed by atoms with Gasteiger partial charge in [-0.25, -0.2) is 14.4 Å². The first-order valence-corrected chi connectivity index (χ1v) is 7.83. The number of rotatable bonds is 4. The SMILES string of the molecule is COc1cc2nc(Nc3ccc(F)c(Cl)c3)nc(C(F)(F)F)c2cc1OC. The third kappa shape index (κ3) is 3.82. The molecule has 0 aliphatic heterocycles. The summed E-state index contributed by atoms with van der Waals surface area (Å²) in [6.45, 7) is 0. The van der Waals surface area contributed by atoms with E-state index >= 15 is 0 Å². The molecule has 27 heavy (non-hydrogen) atoms. The number of alkyl halides is 3. The van der Waals surface area contributed by atoms with Crippen LogP contribution in [-0.4, -0.2) is 24.2 Å². The molecular formula is C17H12ClF4N3O2. The first kappa shape index (κ1) is 19.0. The van der Waals surface area contributed by atoms with Gasteiger partial charge >= 0.3 is 6.18 Å². The van der Waals surface area contributed by atoms with Crippen molar-refractivity contribution in [1.82, 2.24) is 9.97 Å².